The van der Waals surface area contributed by atoms with Gasteiger partial charge in [-0.15, -0.1) is 11.3 Å². The minimum Gasteiger partial charge on any atom is -0.467 e. The van der Waals surface area contributed by atoms with Crippen molar-refractivity contribution in [3.05, 3.63) is 41.4 Å². The second-order valence-corrected chi connectivity index (χ2v) is 4.99. The van der Waals surface area contributed by atoms with Gasteiger partial charge in [0.1, 0.15) is 11.0 Å². The first-order chi connectivity index (χ1) is 9.74. The number of thiazole rings is 1. The molecule has 0 bridgehead atoms. The number of amides is 1. The summed E-state index contributed by atoms with van der Waals surface area (Å²) in [6.45, 7) is 0. The third-order valence-corrected chi connectivity index (χ3v) is 3.65. The molecule has 0 unspecified atom stereocenters. The molecular formula is C14H14N2O3S. The van der Waals surface area contributed by atoms with Gasteiger partial charge >= 0.3 is 5.97 Å². The van der Waals surface area contributed by atoms with Crippen LogP contribution < -0.4 is 5.32 Å². The summed E-state index contributed by atoms with van der Waals surface area (Å²) in [6, 6.07) is 7.06. The molecule has 20 heavy (non-hydrogen) atoms. The highest BCUT2D eigenvalue weighted by atomic mass is 32.1. The Morgan fingerprint density at radius 2 is 2.20 bits per heavy atom. The van der Waals surface area contributed by atoms with Crippen molar-refractivity contribution >= 4 is 23.7 Å². The SMILES string of the molecule is COC(=O)[C@H](Cc1ccc(-c2nccs2)cc1)NC=O. The fourth-order valence-electron chi connectivity index (χ4n) is 1.82. The lowest BCUT2D eigenvalue weighted by Gasteiger charge is -2.13. The van der Waals surface area contributed by atoms with Crippen molar-refractivity contribution in [1.29, 1.82) is 0 Å². The van der Waals surface area contributed by atoms with Gasteiger partial charge in [-0.2, -0.15) is 0 Å². The number of methoxy groups -OCH3 is 1. The molecule has 0 radical (unpaired) electrons. The zero-order valence-electron chi connectivity index (χ0n) is 10.9. The average Bonchev–Trinajstić information content (AvgIpc) is 3.01. The molecule has 1 heterocycles. The number of nitrogens with zero attached hydrogens (tertiary/aromatic N) is 1. The van der Waals surface area contributed by atoms with Crippen LogP contribution in [0.3, 0.4) is 0 Å². The normalized spacial score (nSPS) is 11.7. The molecule has 0 aliphatic carbocycles. The third-order valence-electron chi connectivity index (χ3n) is 2.83. The number of nitrogens with one attached hydrogen (secondary N) is 1. The number of ether oxygens (including phenoxy) is 1. The quantitative estimate of drug-likeness (QED) is 0.648. The molecule has 0 spiro atoms. The van der Waals surface area contributed by atoms with Gasteiger partial charge in [0.15, 0.2) is 0 Å². The lowest BCUT2D eigenvalue weighted by molar-refractivity contribution is -0.144. The van der Waals surface area contributed by atoms with E-state index in [-0.39, 0.29) is 0 Å². The van der Waals surface area contributed by atoms with E-state index in [2.05, 4.69) is 15.0 Å². The van der Waals surface area contributed by atoms with E-state index >= 15 is 0 Å². The lowest BCUT2D eigenvalue weighted by atomic mass is 10.0. The van der Waals surface area contributed by atoms with Gasteiger partial charge in [-0.3, -0.25) is 4.79 Å². The summed E-state index contributed by atoms with van der Waals surface area (Å²) in [5, 5.41) is 5.33. The number of benzene rings is 1. The van der Waals surface area contributed by atoms with Gasteiger partial charge in [-0.05, 0) is 5.56 Å². The summed E-state index contributed by atoms with van der Waals surface area (Å²) in [5.74, 6) is -0.457. The van der Waals surface area contributed by atoms with E-state index in [9.17, 15) is 9.59 Å². The molecule has 1 aromatic carbocycles. The van der Waals surface area contributed by atoms with Crippen molar-refractivity contribution in [2.24, 2.45) is 0 Å². The van der Waals surface area contributed by atoms with E-state index < -0.39 is 12.0 Å². The van der Waals surface area contributed by atoms with Crippen LogP contribution >= 0.6 is 11.3 Å². The maximum atomic E-state index is 11.5. The molecule has 1 aromatic heterocycles. The largest absolute Gasteiger partial charge is 0.467 e. The van der Waals surface area contributed by atoms with E-state index in [0.29, 0.717) is 12.8 Å². The zero-order valence-corrected chi connectivity index (χ0v) is 11.7. The van der Waals surface area contributed by atoms with Crippen LogP contribution in [0.2, 0.25) is 0 Å². The fraction of sp³-hybridized carbons (Fsp3) is 0.214. The van der Waals surface area contributed by atoms with Gasteiger partial charge in [0.2, 0.25) is 6.41 Å². The van der Waals surface area contributed by atoms with E-state index in [1.54, 1.807) is 17.5 Å². The number of hydrogen-bond donors (Lipinski definition) is 1. The van der Waals surface area contributed by atoms with E-state index in [4.69, 9.17) is 0 Å². The Bertz CT molecular complexity index is 567. The molecule has 1 N–H and O–H groups in total. The zero-order chi connectivity index (χ0) is 14.4. The van der Waals surface area contributed by atoms with Crippen LogP contribution in [0.5, 0.6) is 0 Å². The van der Waals surface area contributed by atoms with Gasteiger partial charge in [-0.25, -0.2) is 9.78 Å². The highest BCUT2D eigenvalue weighted by molar-refractivity contribution is 7.13. The van der Waals surface area contributed by atoms with Gasteiger partial charge in [0.25, 0.3) is 0 Å². The first-order valence-corrected chi connectivity index (χ1v) is 6.89. The van der Waals surface area contributed by atoms with Crippen molar-refractivity contribution in [3.8, 4) is 10.6 Å². The Kier molecular flexibility index (Phi) is 4.84. The number of carbonyl (C=O) groups is 2. The summed E-state index contributed by atoms with van der Waals surface area (Å²) in [7, 11) is 1.30. The van der Waals surface area contributed by atoms with Crippen LogP contribution in [0.1, 0.15) is 5.56 Å². The van der Waals surface area contributed by atoms with Crippen LogP contribution in [0, 0.1) is 0 Å². The first kappa shape index (κ1) is 14.2. The Morgan fingerprint density at radius 3 is 2.75 bits per heavy atom. The Labute approximate surface area is 120 Å². The molecule has 5 nitrogen and oxygen atoms in total. The van der Waals surface area contributed by atoms with E-state index in [1.807, 2.05) is 29.6 Å². The second kappa shape index (κ2) is 6.81. The smallest absolute Gasteiger partial charge is 0.328 e. The van der Waals surface area contributed by atoms with Crippen LogP contribution in [0.25, 0.3) is 10.6 Å². The van der Waals surface area contributed by atoms with Gasteiger partial charge < -0.3 is 10.1 Å². The third kappa shape index (κ3) is 3.42. The van der Waals surface area contributed by atoms with Crippen molar-refractivity contribution in [2.45, 2.75) is 12.5 Å². The molecule has 2 rings (SSSR count). The molecule has 0 aliphatic rings. The van der Waals surface area contributed by atoms with Crippen molar-refractivity contribution in [3.63, 3.8) is 0 Å². The summed E-state index contributed by atoms with van der Waals surface area (Å²) in [6.07, 6.45) is 2.66. The highest BCUT2D eigenvalue weighted by Crippen LogP contribution is 2.22. The van der Waals surface area contributed by atoms with Crippen LogP contribution in [-0.2, 0) is 20.7 Å². The molecule has 1 atom stereocenters. The molecule has 0 saturated heterocycles. The fourth-order valence-corrected chi connectivity index (χ4v) is 2.46. The minimum absolute atomic E-state index is 0.392. The standard InChI is InChI=1S/C14H14N2O3S/c1-19-14(18)12(16-9-17)8-10-2-4-11(5-3-10)13-15-6-7-20-13/h2-7,9,12H,8H2,1H3,(H,16,17)/t12-/m0/s1. The number of esters is 1. The number of aromatic nitrogens is 1. The molecule has 0 fully saturated rings. The molecular weight excluding hydrogens is 276 g/mol. The predicted molar refractivity (Wildman–Crippen MR) is 76.3 cm³/mol. The van der Waals surface area contributed by atoms with Gasteiger partial charge in [0, 0.05) is 23.6 Å². The molecule has 0 saturated carbocycles. The van der Waals surface area contributed by atoms with Gasteiger partial charge in [0.05, 0.1) is 7.11 Å². The van der Waals surface area contributed by atoms with Crippen LogP contribution in [0.4, 0.5) is 0 Å². The Balaban J connectivity index is 2.09. The Hall–Kier alpha value is -2.21. The van der Waals surface area contributed by atoms with E-state index in [0.717, 1.165) is 16.1 Å². The molecule has 1 amide bonds. The van der Waals surface area contributed by atoms with Gasteiger partial charge in [-0.1, -0.05) is 24.3 Å². The van der Waals surface area contributed by atoms with Crippen molar-refractivity contribution in [1.82, 2.24) is 10.3 Å². The van der Waals surface area contributed by atoms with Crippen LogP contribution in [0.15, 0.2) is 35.8 Å². The predicted octanol–water partition coefficient (Wildman–Crippen LogP) is 1.64. The minimum atomic E-state index is -0.664. The molecule has 0 aliphatic heterocycles. The first-order valence-electron chi connectivity index (χ1n) is 6.01. The van der Waals surface area contributed by atoms with Crippen LogP contribution in [-0.4, -0.2) is 30.5 Å². The van der Waals surface area contributed by atoms with Crippen molar-refractivity contribution < 1.29 is 14.3 Å². The number of hydrogen-bond acceptors (Lipinski definition) is 5. The summed E-state index contributed by atoms with van der Waals surface area (Å²) < 4.78 is 4.65. The summed E-state index contributed by atoms with van der Waals surface area (Å²) in [5.41, 5.74) is 1.97. The van der Waals surface area contributed by atoms with E-state index in [1.165, 1.54) is 7.11 Å². The summed E-state index contributed by atoms with van der Waals surface area (Å²) in [4.78, 5) is 26.3. The highest BCUT2D eigenvalue weighted by Gasteiger charge is 2.18. The summed E-state index contributed by atoms with van der Waals surface area (Å²) >= 11 is 1.57. The monoisotopic (exact) mass is 290 g/mol. The Morgan fingerprint density at radius 1 is 1.45 bits per heavy atom. The maximum Gasteiger partial charge on any atom is 0.328 e. The van der Waals surface area contributed by atoms with Crippen molar-refractivity contribution in [2.75, 3.05) is 7.11 Å². The number of carbonyl (C=O) groups excluding carboxylic acids is 2. The molecule has 6 heteroatoms. The molecule has 104 valence electrons. The maximum absolute atomic E-state index is 11.5. The second-order valence-electron chi connectivity index (χ2n) is 4.10. The molecule has 2 aromatic rings. The average molecular weight is 290 g/mol. The topological polar surface area (TPSA) is 68.3 Å². The number of rotatable bonds is 6. The lowest BCUT2D eigenvalue weighted by Crippen LogP contribution is -2.38.